The number of aliphatic hydroxyl groups excluding tert-OH is 1. The van der Waals surface area contributed by atoms with Crippen LogP contribution in [-0.2, 0) is 9.59 Å². The van der Waals surface area contributed by atoms with E-state index in [2.05, 4.69) is 11.9 Å². The first-order chi connectivity index (χ1) is 15.6. The molecule has 1 amide bonds. The second kappa shape index (κ2) is 9.98. The number of amides is 1. The minimum Gasteiger partial charge on any atom is -0.507 e. The van der Waals surface area contributed by atoms with Gasteiger partial charge in [-0.1, -0.05) is 38.7 Å². The van der Waals surface area contributed by atoms with Gasteiger partial charge in [-0.25, -0.2) is 0 Å². The minimum absolute atomic E-state index is 0.0114. The molecule has 2 aliphatic rings. The maximum Gasteiger partial charge on any atom is 0.295 e. The molecule has 1 aliphatic heterocycles. The quantitative estimate of drug-likeness (QED) is 0.273. The first-order valence-electron chi connectivity index (χ1n) is 11.6. The number of likely N-dealkylation sites (tertiary alicyclic amines) is 1. The number of benzene rings is 1. The van der Waals surface area contributed by atoms with Crippen molar-refractivity contribution in [3.63, 3.8) is 0 Å². The fraction of sp³-hybridized carbons (Fsp3) is 0.423. The van der Waals surface area contributed by atoms with Crippen LogP contribution < -0.4 is 4.74 Å². The highest BCUT2D eigenvalue weighted by atomic mass is 16.5. The molecule has 0 spiro atoms. The Hall–Kier alpha value is -3.15. The number of pyridine rings is 1. The number of Topliss-reactive ketones (excluding diaryl/α,β-unsaturated/α-hetero) is 1. The lowest BCUT2D eigenvalue weighted by Crippen LogP contribution is -2.37. The zero-order valence-corrected chi connectivity index (χ0v) is 18.5. The molecule has 0 radical (unpaired) electrons. The van der Waals surface area contributed by atoms with Gasteiger partial charge in [-0.2, -0.15) is 0 Å². The van der Waals surface area contributed by atoms with Gasteiger partial charge >= 0.3 is 0 Å². The number of carbonyl (C=O) groups is 2. The van der Waals surface area contributed by atoms with Gasteiger partial charge in [0.1, 0.15) is 17.6 Å². The van der Waals surface area contributed by atoms with Crippen molar-refractivity contribution in [2.75, 3.05) is 6.61 Å². The smallest absolute Gasteiger partial charge is 0.295 e. The van der Waals surface area contributed by atoms with E-state index < -0.39 is 17.7 Å². The summed E-state index contributed by atoms with van der Waals surface area (Å²) < 4.78 is 5.74. The first kappa shape index (κ1) is 22.1. The zero-order valence-electron chi connectivity index (χ0n) is 18.5. The van der Waals surface area contributed by atoms with Crippen molar-refractivity contribution in [1.82, 2.24) is 9.88 Å². The number of ketones is 1. The van der Waals surface area contributed by atoms with E-state index in [1.54, 1.807) is 47.5 Å². The molecule has 1 unspecified atom stereocenters. The van der Waals surface area contributed by atoms with Crippen LogP contribution in [0.5, 0.6) is 5.75 Å². The molecule has 6 heteroatoms. The largest absolute Gasteiger partial charge is 0.507 e. The Morgan fingerprint density at radius 1 is 1.09 bits per heavy atom. The summed E-state index contributed by atoms with van der Waals surface area (Å²) in [4.78, 5) is 32.2. The molecule has 1 aliphatic carbocycles. The molecule has 6 nitrogen and oxygen atoms in total. The molecule has 4 rings (SSSR count). The lowest BCUT2D eigenvalue weighted by Gasteiger charge is -2.30. The van der Waals surface area contributed by atoms with E-state index in [1.165, 1.54) is 0 Å². The van der Waals surface area contributed by atoms with E-state index in [0.717, 1.165) is 44.9 Å². The number of hydrogen-bond acceptors (Lipinski definition) is 5. The Labute approximate surface area is 188 Å². The number of ether oxygens (including phenoxy) is 1. The zero-order chi connectivity index (χ0) is 22.5. The number of aliphatic hydroxyl groups is 1. The Balaban J connectivity index is 1.67. The molecule has 2 aromatic rings. The topological polar surface area (TPSA) is 79.7 Å². The maximum absolute atomic E-state index is 13.1. The van der Waals surface area contributed by atoms with Crippen LogP contribution in [0.3, 0.4) is 0 Å². The van der Waals surface area contributed by atoms with E-state index in [9.17, 15) is 14.7 Å². The number of unbranched alkanes of at least 4 members (excludes halogenated alkanes) is 2. The van der Waals surface area contributed by atoms with Crippen LogP contribution in [0.15, 0.2) is 54.2 Å². The molecule has 2 fully saturated rings. The third-order valence-electron chi connectivity index (χ3n) is 6.31. The fourth-order valence-electron chi connectivity index (χ4n) is 4.64. The Morgan fingerprint density at radius 3 is 2.50 bits per heavy atom. The molecule has 1 aromatic carbocycles. The predicted octanol–water partition coefficient (Wildman–Crippen LogP) is 5.01. The molecule has 1 saturated heterocycles. The summed E-state index contributed by atoms with van der Waals surface area (Å²) in [5, 5.41) is 11.1. The van der Waals surface area contributed by atoms with Crippen molar-refractivity contribution >= 4 is 17.4 Å². The van der Waals surface area contributed by atoms with Gasteiger partial charge in [-0.3, -0.25) is 14.6 Å². The molecule has 32 heavy (non-hydrogen) atoms. The standard InChI is InChI=1S/C26H30N2O4/c1-2-3-8-17-32-20-14-12-18(13-15-20)24(29)22-23(21-11-6-7-16-27-21)28(26(31)25(22)30)19-9-4-5-10-19/h6-7,11-16,19,23,29H,2-5,8-10,17H2,1H3/b24-22-. The van der Waals surface area contributed by atoms with Gasteiger partial charge in [0.05, 0.1) is 17.9 Å². The summed E-state index contributed by atoms with van der Waals surface area (Å²) in [5.41, 5.74) is 1.18. The van der Waals surface area contributed by atoms with Crippen LogP contribution in [0.1, 0.15) is 69.2 Å². The number of carbonyl (C=O) groups excluding carboxylic acids is 2. The lowest BCUT2D eigenvalue weighted by molar-refractivity contribution is -0.141. The molecule has 2 heterocycles. The van der Waals surface area contributed by atoms with Crippen molar-refractivity contribution < 1.29 is 19.4 Å². The summed E-state index contributed by atoms with van der Waals surface area (Å²) in [6, 6.07) is 11.8. The average molecular weight is 435 g/mol. The summed E-state index contributed by atoms with van der Waals surface area (Å²) in [7, 11) is 0. The second-order valence-electron chi connectivity index (χ2n) is 8.48. The highest BCUT2D eigenvalue weighted by Crippen LogP contribution is 2.42. The van der Waals surface area contributed by atoms with Crippen molar-refractivity contribution in [3.05, 3.63) is 65.5 Å². The van der Waals surface area contributed by atoms with Crippen LogP contribution in [0.25, 0.3) is 5.76 Å². The Morgan fingerprint density at radius 2 is 1.84 bits per heavy atom. The summed E-state index contributed by atoms with van der Waals surface area (Å²) in [6.07, 6.45) is 8.67. The number of aromatic nitrogens is 1. The SMILES string of the molecule is CCCCCOc1ccc(/C(O)=C2/C(=O)C(=O)N(C3CCCC3)C2c2ccccn2)cc1. The monoisotopic (exact) mass is 434 g/mol. The van der Waals surface area contributed by atoms with Crippen LogP contribution in [0.2, 0.25) is 0 Å². The number of nitrogens with zero attached hydrogens (tertiary/aromatic N) is 2. The van der Waals surface area contributed by atoms with E-state index in [1.807, 2.05) is 6.07 Å². The van der Waals surface area contributed by atoms with Gasteiger partial charge < -0.3 is 14.7 Å². The molecule has 1 N–H and O–H groups in total. The van der Waals surface area contributed by atoms with Gasteiger partial charge in [-0.05, 0) is 55.7 Å². The number of hydrogen-bond donors (Lipinski definition) is 1. The molecular formula is C26H30N2O4. The lowest BCUT2D eigenvalue weighted by atomic mass is 9.97. The van der Waals surface area contributed by atoms with E-state index in [0.29, 0.717) is 23.6 Å². The Bertz CT molecular complexity index is 979. The van der Waals surface area contributed by atoms with Crippen molar-refractivity contribution in [3.8, 4) is 5.75 Å². The van der Waals surface area contributed by atoms with Crippen LogP contribution in [-0.4, -0.2) is 39.3 Å². The highest BCUT2D eigenvalue weighted by molar-refractivity contribution is 6.46. The summed E-state index contributed by atoms with van der Waals surface area (Å²) in [5.74, 6) is -0.655. The summed E-state index contributed by atoms with van der Waals surface area (Å²) >= 11 is 0. The fourth-order valence-corrected chi connectivity index (χ4v) is 4.64. The van der Waals surface area contributed by atoms with E-state index >= 15 is 0 Å². The molecule has 0 bridgehead atoms. The second-order valence-corrected chi connectivity index (χ2v) is 8.48. The third-order valence-corrected chi connectivity index (χ3v) is 6.31. The van der Waals surface area contributed by atoms with Crippen molar-refractivity contribution in [2.45, 2.75) is 64.0 Å². The third kappa shape index (κ3) is 4.40. The van der Waals surface area contributed by atoms with Crippen LogP contribution in [0.4, 0.5) is 0 Å². The van der Waals surface area contributed by atoms with E-state index in [4.69, 9.17) is 4.74 Å². The summed E-state index contributed by atoms with van der Waals surface area (Å²) in [6.45, 7) is 2.79. The van der Waals surface area contributed by atoms with Gasteiger partial charge in [0.25, 0.3) is 11.7 Å². The Kier molecular flexibility index (Phi) is 6.88. The molecule has 1 saturated carbocycles. The van der Waals surface area contributed by atoms with Gasteiger partial charge in [-0.15, -0.1) is 0 Å². The van der Waals surface area contributed by atoms with Crippen molar-refractivity contribution in [1.29, 1.82) is 0 Å². The first-order valence-corrected chi connectivity index (χ1v) is 11.6. The van der Waals surface area contributed by atoms with Gasteiger partial charge in [0.2, 0.25) is 0 Å². The average Bonchev–Trinajstić information content (AvgIpc) is 3.44. The van der Waals surface area contributed by atoms with Crippen molar-refractivity contribution in [2.24, 2.45) is 0 Å². The maximum atomic E-state index is 13.1. The molecule has 168 valence electrons. The van der Waals surface area contributed by atoms with E-state index in [-0.39, 0.29) is 17.4 Å². The van der Waals surface area contributed by atoms with Gasteiger partial charge in [0.15, 0.2) is 0 Å². The van der Waals surface area contributed by atoms with Crippen LogP contribution >= 0.6 is 0 Å². The molecule has 1 aromatic heterocycles. The number of rotatable bonds is 8. The molecule has 1 atom stereocenters. The van der Waals surface area contributed by atoms with Crippen LogP contribution in [0, 0.1) is 0 Å². The normalized spacial score (nSPS) is 20.8. The minimum atomic E-state index is -0.677. The highest BCUT2D eigenvalue weighted by Gasteiger charge is 2.49. The van der Waals surface area contributed by atoms with Gasteiger partial charge in [0, 0.05) is 17.8 Å². The predicted molar refractivity (Wildman–Crippen MR) is 122 cm³/mol. The molecular weight excluding hydrogens is 404 g/mol.